The quantitative estimate of drug-likeness (QED) is 0.748. The Labute approximate surface area is 119 Å². The number of hydrogen-bond donors (Lipinski definition) is 0. The van der Waals surface area contributed by atoms with Gasteiger partial charge in [0.15, 0.2) is 17.3 Å². The van der Waals surface area contributed by atoms with E-state index in [4.69, 9.17) is 4.74 Å². The minimum absolute atomic E-state index is 0.0275. The maximum atomic E-state index is 13.6. The smallest absolute Gasteiger partial charge is 0.176 e. The molecule has 2 rings (SSSR count). The van der Waals surface area contributed by atoms with Gasteiger partial charge in [0, 0.05) is 11.6 Å². The zero-order chi connectivity index (χ0) is 14.5. The van der Waals surface area contributed by atoms with E-state index in [1.807, 2.05) is 0 Å². The van der Waals surface area contributed by atoms with E-state index in [0.29, 0.717) is 18.2 Å². The summed E-state index contributed by atoms with van der Waals surface area (Å²) >= 11 is 0. The third-order valence-corrected chi connectivity index (χ3v) is 4.07. The van der Waals surface area contributed by atoms with Gasteiger partial charge in [-0.3, -0.25) is 9.69 Å². The number of carbonyl (C=O) groups excluding carboxylic acids is 1. The van der Waals surface area contributed by atoms with Crippen LogP contribution in [0.1, 0.15) is 43.0 Å². The molecular weight excluding hydrogens is 257 g/mol. The largest absolute Gasteiger partial charge is 0.494 e. The van der Waals surface area contributed by atoms with Crippen molar-refractivity contribution in [3.63, 3.8) is 0 Å². The Morgan fingerprint density at radius 2 is 2.10 bits per heavy atom. The number of likely N-dealkylation sites (N-methyl/N-ethyl adjacent to an activating group) is 1. The first kappa shape index (κ1) is 15.0. The average Bonchev–Trinajstić information content (AvgIpc) is 2.98. The van der Waals surface area contributed by atoms with Crippen LogP contribution in [-0.2, 0) is 0 Å². The van der Waals surface area contributed by atoms with Gasteiger partial charge in [0.05, 0.1) is 13.7 Å². The Bertz CT molecular complexity index is 470. The average molecular weight is 279 g/mol. The second-order valence-corrected chi connectivity index (χ2v) is 5.27. The molecule has 4 heteroatoms. The molecule has 1 aliphatic carbocycles. The first-order chi connectivity index (χ1) is 9.65. The fourth-order valence-corrected chi connectivity index (χ4v) is 2.88. The molecule has 0 N–H and O–H groups in total. The van der Waals surface area contributed by atoms with Gasteiger partial charge in [0.25, 0.3) is 0 Å². The van der Waals surface area contributed by atoms with Gasteiger partial charge in [0.2, 0.25) is 0 Å². The molecule has 1 aromatic rings. The van der Waals surface area contributed by atoms with E-state index in [9.17, 15) is 9.18 Å². The van der Waals surface area contributed by atoms with E-state index in [1.165, 1.54) is 32.1 Å². The first-order valence-electron chi connectivity index (χ1n) is 7.26. The summed E-state index contributed by atoms with van der Waals surface area (Å²) in [7, 11) is 1.42. The predicted molar refractivity (Wildman–Crippen MR) is 76.8 cm³/mol. The van der Waals surface area contributed by atoms with Crippen molar-refractivity contribution >= 4 is 5.78 Å². The Morgan fingerprint density at radius 3 is 2.65 bits per heavy atom. The summed E-state index contributed by atoms with van der Waals surface area (Å²) in [5, 5.41) is 0. The van der Waals surface area contributed by atoms with Crippen molar-refractivity contribution in [2.75, 3.05) is 20.2 Å². The Morgan fingerprint density at radius 1 is 1.40 bits per heavy atom. The molecule has 0 amide bonds. The molecule has 0 unspecified atom stereocenters. The van der Waals surface area contributed by atoms with Crippen LogP contribution in [0.5, 0.6) is 5.75 Å². The molecule has 20 heavy (non-hydrogen) atoms. The molecule has 0 bridgehead atoms. The van der Waals surface area contributed by atoms with Crippen molar-refractivity contribution in [2.24, 2.45) is 0 Å². The van der Waals surface area contributed by atoms with Crippen LogP contribution >= 0.6 is 0 Å². The summed E-state index contributed by atoms with van der Waals surface area (Å²) in [6.07, 6.45) is 4.81. The normalized spacial score (nSPS) is 15.8. The SMILES string of the molecule is CCN(CC(=O)c1ccc(OC)c(F)c1)C1CCCC1. The summed E-state index contributed by atoms with van der Waals surface area (Å²) in [6, 6.07) is 4.91. The Kier molecular flexibility index (Phi) is 5.12. The molecule has 0 saturated heterocycles. The van der Waals surface area contributed by atoms with Crippen LogP contribution in [0.4, 0.5) is 4.39 Å². The summed E-state index contributed by atoms with van der Waals surface area (Å²) in [4.78, 5) is 14.5. The van der Waals surface area contributed by atoms with Gasteiger partial charge in [0.1, 0.15) is 0 Å². The lowest BCUT2D eigenvalue weighted by Crippen LogP contribution is -2.37. The molecule has 0 atom stereocenters. The number of ketones is 1. The zero-order valence-corrected chi connectivity index (χ0v) is 12.2. The fourth-order valence-electron chi connectivity index (χ4n) is 2.88. The van der Waals surface area contributed by atoms with Gasteiger partial charge < -0.3 is 4.74 Å². The number of rotatable bonds is 6. The number of nitrogens with zero attached hydrogens (tertiary/aromatic N) is 1. The summed E-state index contributed by atoms with van der Waals surface area (Å²) < 4.78 is 18.5. The minimum atomic E-state index is -0.484. The van der Waals surface area contributed by atoms with Crippen molar-refractivity contribution in [1.82, 2.24) is 4.90 Å². The number of hydrogen-bond acceptors (Lipinski definition) is 3. The zero-order valence-electron chi connectivity index (χ0n) is 12.2. The van der Waals surface area contributed by atoms with E-state index in [0.717, 1.165) is 19.4 Å². The standard InChI is InChI=1S/C16H22FNO2/c1-3-18(13-6-4-5-7-13)11-15(19)12-8-9-16(20-2)14(17)10-12/h8-10,13H,3-7,11H2,1-2H3. The minimum Gasteiger partial charge on any atom is -0.494 e. The summed E-state index contributed by atoms with van der Waals surface area (Å²) in [5.74, 6) is -0.341. The fraction of sp³-hybridized carbons (Fsp3) is 0.562. The molecule has 0 spiro atoms. The van der Waals surface area contributed by atoms with Crippen LogP contribution in [0, 0.1) is 5.82 Å². The molecule has 3 nitrogen and oxygen atoms in total. The number of Topliss-reactive ketones (excluding diaryl/α,β-unsaturated/α-hetero) is 1. The second kappa shape index (κ2) is 6.84. The number of methoxy groups -OCH3 is 1. The highest BCUT2D eigenvalue weighted by Gasteiger charge is 2.23. The number of halogens is 1. The lowest BCUT2D eigenvalue weighted by molar-refractivity contribution is 0.0898. The molecule has 0 aromatic heterocycles. The van der Waals surface area contributed by atoms with E-state index in [1.54, 1.807) is 6.07 Å². The van der Waals surface area contributed by atoms with E-state index < -0.39 is 5.82 Å². The lowest BCUT2D eigenvalue weighted by Gasteiger charge is -2.26. The van der Waals surface area contributed by atoms with E-state index >= 15 is 0 Å². The maximum absolute atomic E-state index is 13.6. The molecule has 1 fully saturated rings. The van der Waals surface area contributed by atoms with Gasteiger partial charge in [-0.25, -0.2) is 4.39 Å². The van der Waals surface area contributed by atoms with E-state index in [-0.39, 0.29) is 11.5 Å². The first-order valence-corrected chi connectivity index (χ1v) is 7.26. The van der Waals surface area contributed by atoms with Crippen LogP contribution < -0.4 is 4.74 Å². The second-order valence-electron chi connectivity index (χ2n) is 5.27. The van der Waals surface area contributed by atoms with Crippen LogP contribution in [0.3, 0.4) is 0 Å². The predicted octanol–water partition coefficient (Wildman–Crippen LogP) is 3.28. The van der Waals surface area contributed by atoms with E-state index in [2.05, 4.69) is 11.8 Å². The Balaban J connectivity index is 2.04. The summed E-state index contributed by atoms with van der Waals surface area (Å²) in [5.41, 5.74) is 0.416. The molecule has 1 aromatic carbocycles. The van der Waals surface area contributed by atoms with Gasteiger partial charge in [-0.05, 0) is 37.6 Å². The van der Waals surface area contributed by atoms with Gasteiger partial charge in [-0.15, -0.1) is 0 Å². The van der Waals surface area contributed by atoms with Crippen molar-refractivity contribution in [1.29, 1.82) is 0 Å². The monoisotopic (exact) mass is 279 g/mol. The third kappa shape index (κ3) is 3.37. The third-order valence-electron chi connectivity index (χ3n) is 4.07. The van der Waals surface area contributed by atoms with Crippen LogP contribution in [-0.4, -0.2) is 36.9 Å². The van der Waals surface area contributed by atoms with Crippen molar-refractivity contribution in [3.8, 4) is 5.75 Å². The summed E-state index contributed by atoms with van der Waals surface area (Å²) in [6.45, 7) is 3.29. The molecule has 110 valence electrons. The highest BCUT2D eigenvalue weighted by molar-refractivity contribution is 5.97. The molecule has 1 saturated carbocycles. The van der Waals surface area contributed by atoms with Crippen molar-refractivity contribution < 1.29 is 13.9 Å². The Hall–Kier alpha value is -1.42. The number of ether oxygens (including phenoxy) is 1. The molecule has 0 radical (unpaired) electrons. The number of benzene rings is 1. The van der Waals surface area contributed by atoms with Crippen molar-refractivity contribution in [2.45, 2.75) is 38.6 Å². The van der Waals surface area contributed by atoms with Crippen LogP contribution in [0.15, 0.2) is 18.2 Å². The van der Waals surface area contributed by atoms with Gasteiger partial charge in [-0.1, -0.05) is 19.8 Å². The molecule has 0 heterocycles. The highest BCUT2D eigenvalue weighted by Crippen LogP contribution is 2.24. The topological polar surface area (TPSA) is 29.5 Å². The maximum Gasteiger partial charge on any atom is 0.176 e. The molecular formula is C16H22FNO2. The van der Waals surface area contributed by atoms with Crippen molar-refractivity contribution in [3.05, 3.63) is 29.6 Å². The number of carbonyl (C=O) groups is 1. The van der Waals surface area contributed by atoms with Gasteiger partial charge in [-0.2, -0.15) is 0 Å². The highest BCUT2D eigenvalue weighted by atomic mass is 19.1. The lowest BCUT2D eigenvalue weighted by atomic mass is 10.1. The van der Waals surface area contributed by atoms with Crippen LogP contribution in [0.25, 0.3) is 0 Å². The van der Waals surface area contributed by atoms with Gasteiger partial charge >= 0.3 is 0 Å². The molecule has 1 aliphatic rings. The van der Waals surface area contributed by atoms with Crippen LogP contribution in [0.2, 0.25) is 0 Å². The molecule has 0 aliphatic heterocycles.